The zero-order chi connectivity index (χ0) is 22.1. The molecule has 1 aliphatic heterocycles. The number of H-pyrrole nitrogens is 1. The van der Waals surface area contributed by atoms with Gasteiger partial charge in [0.2, 0.25) is 5.91 Å². The molecule has 2 aromatic heterocycles. The number of anilines is 2. The summed E-state index contributed by atoms with van der Waals surface area (Å²) >= 11 is 1.62. The quantitative estimate of drug-likeness (QED) is 0.453. The Kier molecular flexibility index (Phi) is 5.62. The predicted octanol–water partition coefficient (Wildman–Crippen LogP) is 3.37. The average molecular weight is 451 g/mol. The summed E-state index contributed by atoms with van der Waals surface area (Å²) in [5.74, 6) is 3.26. The first-order chi connectivity index (χ1) is 15.5. The third-order valence-electron chi connectivity index (χ3n) is 5.23. The van der Waals surface area contributed by atoms with Gasteiger partial charge < -0.3 is 19.8 Å². The van der Waals surface area contributed by atoms with Gasteiger partial charge in [-0.3, -0.25) is 14.5 Å². The fourth-order valence-corrected chi connectivity index (χ4v) is 4.42. The maximum absolute atomic E-state index is 11.9. The molecule has 0 spiro atoms. The molecule has 32 heavy (non-hydrogen) atoms. The number of hydrogen-bond acceptors (Lipinski definition) is 7. The molecule has 1 amide bonds. The van der Waals surface area contributed by atoms with E-state index < -0.39 is 0 Å². The van der Waals surface area contributed by atoms with Gasteiger partial charge in [0.05, 0.1) is 19.3 Å². The van der Waals surface area contributed by atoms with E-state index in [2.05, 4.69) is 42.4 Å². The molecule has 3 aromatic rings. The summed E-state index contributed by atoms with van der Waals surface area (Å²) in [4.78, 5) is 19.4. The van der Waals surface area contributed by atoms with Crippen LogP contribution in [0.15, 0.2) is 53.8 Å². The van der Waals surface area contributed by atoms with Crippen LogP contribution in [0.1, 0.15) is 30.3 Å². The van der Waals surface area contributed by atoms with Gasteiger partial charge in [0.1, 0.15) is 11.6 Å². The summed E-state index contributed by atoms with van der Waals surface area (Å²) in [5, 5.41) is 13.9. The van der Waals surface area contributed by atoms with Crippen LogP contribution in [-0.4, -0.2) is 55.5 Å². The molecule has 0 unspecified atom stereocenters. The smallest absolute Gasteiger partial charge is 0.238 e. The SMILES string of the molecule is CN(C)CC(=O)Nc1ccc(SN2C=C(Nc3cc(C4CC4)[nH]n3)n3ccnc3C2)cc1. The van der Waals surface area contributed by atoms with Crippen molar-refractivity contribution in [2.75, 3.05) is 31.3 Å². The van der Waals surface area contributed by atoms with Gasteiger partial charge in [-0.1, -0.05) is 0 Å². The molecule has 9 nitrogen and oxygen atoms in total. The molecule has 3 N–H and O–H groups in total. The number of carbonyl (C=O) groups is 1. The lowest BCUT2D eigenvalue weighted by Gasteiger charge is -2.26. The number of imidazole rings is 1. The van der Waals surface area contributed by atoms with Crippen molar-refractivity contribution < 1.29 is 4.79 Å². The lowest BCUT2D eigenvalue weighted by atomic mass is 10.3. The number of aromatic nitrogens is 4. The Morgan fingerprint density at radius 2 is 2.09 bits per heavy atom. The molecule has 1 saturated carbocycles. The van der Waals surface area contributed by atoms with Crippen molar-refractivity contribution in [3.63, 3.8) is 0 Å². The number of carbonyl (C=O) groups excluding carboxylic acids is 1. The van der Waals surface area contributed by atoms with Gasteiger partial charge in [0, 0.05) is 40.7 Å². The van der Waals surface area contributed by atoms with Crippen LogP contribution in [0.3, 0.4) is 0 Å². The normalized spacial score (nSPS) is 15.5. The fraction of sp³-hybridized carbons (Fsp3) is 0.318. The largest absolute Gasteiger partial charge is 0.325 e. The van der Waals surface area contributed by atoms with E-state index in [0.29, 0.717) is 19.0 Å². The van der Waals surface area contributed by atoms with Crippen LogP contribution in [0, 0.1) is 0 Å². The van der Waals surface area contributed by atoms with Crippen molar-refractivity contribution in [1.29, 1.82) is 0 Å². The second-order valence-electron chi connectivity index (χ2n) is 8.31. The summed E-state index contributed by atoms with van der Waals surface area (Å²) in [6, 6.07) is 9.95. The van der Waals surface area contributed by atoms with E-state index in [4.69, 9.17) is 0 Å². The number of amides is 1. The summed E-state index contributed by atoms with van der Waals surface area (Å²) in [6.45, 7) is 1.04. The van der Waals surface area contributed by atoms with E-state index in [0.717, 1.165) is 28.0 Å². The van der Waals surface area contributed by atoms with Crippen LogP contribution in [-0.2, 0) is 11.3 Å². The van der Waals surface area contributed by atoms with Crippen LogP contribution in [0.2, 0.25) is 0 Å². The molecular weight excluding hydrogens is 424 g/mol. The zero-order valence-electron chi connectivity index (χ0n) is 18.1. The van der Waals surface area contributed by atoms with E-state index in [9.17, 15) is 4.79 Å². The fourth-order valence-electron chi connectivity index (χ4n) is 3.56. The molecule has 0 atom stereocenters. The van der Waals surface area contributed by atoms with Crippen molar-refractivity contribution in [2.45, 2.75) is 30.2 Å². The summed E-state index contributed by atoms with van der Waals surface area (Å²) in [5.41, 5.74) is 1.98. The van der Waals surface area contributed by atoms with E-state index in [1.54, 1.807) is 11.9 Å². The predicted molar refractivity (Wildman–Crippen MR) is 126 cm³/mol. The Balaban J connectivity index is 1.27. The molecule has 0 bridgehead atoms. The second kappa shape index (κ2) is 8.71. The van der Waals surface area contributed by atoms with E-state index in [1.807, 2.05) is 60.2 Å². The van der Waals surface area contributed by atoms with Crippen molar-refractivity contribution in [3.8, 4) is 0 Å². The number of benzene rings is 1. The monoisotopic (exact) mass is 450 g/mol. The lowest BCUT2D eigenvalue weighted by Crippen LogP contribution is -2.27. The Labute approximate surface area is 191 Å². The van der Waals surface area contributed by atoms with Gasteiger partial charge >= 0.3 is 0 Å². The Morgan fingerprint density at radius 1 is 1.28 bits per heavy atom. The molecule has 2 aliphatic rings. The molecule has 166 valence electrons. The van der Waals surface area contributed by atoms with Crippen LogP contribution in [0.25, 0.3) is 5.82 Å². The number of fused-ring (bicyclic) bond motifs is 1. The first-order valence-electron chi connectivity index (χ1n) is 10.6. The highest BCUT2D eigenvalue weighted by atomic mass is 32.2. The molecule has 1 aliphatic carbocycles. The standard InChI is InChI=1S/C22H26N8OS/c1-28(2)14-22(31)24-16-5-7-17(8-6-16)32-29-12-20-23-9-10-30(20)21(13-29)25-19-11-18(26-27-19)15-3-4-15/h5-11,13,15H,3-4,12,14H2,1-2H3,(H,24,31)(H2,25,26,27). The molecule has 3 heterocycles. The Hall–Kier alpha value is -3.24. The number of likely N-dealkylation sites (N-methyl/N-ethyl adjacent to an activating group) is 1. The number of nitrogens with one attached hydrogen (secondary N) is 3. The molecule has 5 rings (SSSR count). The van der Waals surface area contributed by atoms with E-state index in [1.165, 1.54) is 18.5 Å². The number of rotatable bonds is 8. The van der Waals surface area contributed by atoms with Crippen LogP contribution < -0.4 is 10.6 Å². The minimum Gasteiger partial charge on any atom is -0.325 e. The third-order valence-corrected chi connectivity index (χ3v) is 6.18. The first kappa shape index (κ1) is 20.7. The summed E-state index contributed by atoms with van der Waals surface area (Å²) in [6.07, 6.45) is 8.30. The molecular formula is C22H26N8OS. The molecule has 0 saturated heterocycles. The van der Waals surface area contributed by atoms with Gasteiger partial charge in [-0.2, -0.15) is 5.10 Å². The second-order valence-corrected chi connectivity index (χ2v) is 9.44. The van der Waals surface area contributed by atoms with E-state index >= 15 is 0 Å². The Bertz CT molecular complexity index is 1130. The van der Waals surface area contributed by atoms with Crippen molar-refractivity contribution >= 4 is 35.2 Å². The highest BCUT2D eigenvalue weighted by Gasteiger charge is 2.26. The van der Waals surface area contributed by atoms with Crippen LogP contribution in [0.4, 0.5) is 11.5 Å². The first-order valence-corrected chi connectivity index (χ1v) is 11.4. The molecule has 0 radical (unpaired) electrons. The topological polar surface area (TPSA) is 94.1 Å². The van der Waals surface area contributed by atoms with Crippen molar-refractivity contribution in [2.24, 2.45) is 0 Å². The minimum absolute atomic E-state index is 0.0277. The summed E-state index contributed by atoms with van der Waals surface area (Å²) in [7, 11) is 3.75. The van der Waals surface area contributed by atoms with Crippen molar-refractivity contribution in [3.05, 3.63) is 60.4 Å². The van der Waals surface area contributed by atoms with Gasteiger partial charge in [-0.15, -0.1) is 0 Å². The minimum atomic E-state index is -0.0277. The summed E-state index contributed by atoms with van der Waals surface area (Å²) < 4.78 is 4.19. The van der Waals surface area contributed by atoms with Gasteiger partial charge in [-0.25, -0.2) is 4.98 Å². The van der Waals surface area contributed by atoms with Gasteiger partial charge in [0.15, 0.2) is 5.82 Å². The number of nitrogens with zero attached hydrogens (tertiary/aromatic N) is 5. The van der Waals surface area contributed by atoms with Crippen LogP contribution in [0.5, 0.6) is 0 Å². The molecule has 1 fully saturated rings. The lowest BCUT2D eigenvalue weighted by molar-refractivity contribution is -0.116. The molecule has 1 aromatic carbocycles. The number of hydrogen-bond donors (Lipinski definition) is 3. The molecule has 10 heteroatoms. The number of aromatic amines is 1. The highest BCUT2D eigenvalue weighted by molar-refractivity contribution is 7.97. The zero-order valence-corrected chi connectivity index (χ0v) is 18.9. The van der Waals surface area contributed by atoms with E-state index in [-0.39, 0.29) is 5.91 Å². The maximum Gasteiger partial charge on any atom is 0.238 e. The van der Waals surface area contributed by atoms with Crippen LogP contribution >= 0.6 is 11.9 Å². The maximum atomic E-state index is 11.9. The van der Waals surface area contributed by atoms with Gasteiger partial charge in [-0.05, 0) is 63.2 Å². The van der Waals surface area contributed by atoms with Crippen molar-refractivity contribution in [1.82, 2.24) is 29.0 Å². The highest BCUT2D eigenvalue weighted by Crippen LogP contribution is 2.39. The van der Waals surface area contributed by atoms with Gasteiger partial charge in [0.25, 0.3) is 0 Å². The average Bonchev–Trinajstić information content (AvgIpc) is 3.30. The third kappa shape index (κ3) is 4.81. The Morgan fingerprint density at radius 3 is 2.84 bits per heavy atom.